The molecule has 0 radical (unpaired) electrons. The van der Waals surface area contributed by atoms with E-state index in [2.05, 4.69) is 26.1 Å². The van der Waals surface area contributed by atoms with Crippen molar-refractivity contribution in [1.82, 2.24) is 5.32 Å². The van der Waals surface area contributed by atoms with E-state index in [4.69, 9.17) is 11.6 Å². The summed E-state index contributed by atoms with van der Waals surface area (Å²) in [6.45, 7) is 8.12. The molecule has 0 bridgehead atoms. The third-order valence-electron chi connectivity index (χ3n) is 2.96. The lowest BCUT2D eigenvalue weighted by Gasteiger charge is -2.23. The number of phenols is 1. The molecular weight excluding hydrogens is 222 g/mol. The molecule has 90 valence electrons. The van der Waals surface area contributed by atoms with Gasteiger partial charge in [0.15, 0.2) is 0 Å². The Hall–Kier alpha value is -0.730. The average molecular weight is 242 g/mol. The van der Waals surface area contributed by atoms with Crippen LogP contribution in [0, 0.1) is 5.41 Å². The molecular formula is C13H20ClNO. The van der Waals surface area contributed by atoms with Crippen molar-refractivity contribution in [2.75, 3.05) is 6.54 Å². The molecule has 1 rings (SSSR count). The minimum absolute atomic E-state index is 0.259. The van der Waals surface area contributed by atoms with Gasteiger partial charge in [-0.2, -0.15) is 0 Å². The second kappa shape index (κ2) is 5.55. The monoisotopic (exact) mass is 241 g/mol. The van der Waals surface area contributed by atoms with Gasteiger partial charge in [-0.3, -0.25) is 0 Å². The Morgan fingerprint density at radius 2 is 2.06 bits per heavy atom. The predicted molar refractivity (Wildman–Crippen MR) is 68.9 cm³/mol. The summed E-state index contributed by atoms with van der Waals surface area (Å²) in [4.78, 5) is 0. The first-order chi connectivity index (χ1) is 7.46. The van der Waals surface area contributed by atoms with Crippen LogP contribution in [0.5, 0.6) is 5.75 Å². The first-order valence-corrected chi connectivity index (χ1v) is 6.01. The van der Waals surface area contributed by atoms with E-state index in [1.165, 1.54) is 0 Å². The summed E-state index contributed by atoms with van der Waals surface area (Å²) in [5, 5.41) is 13.6. The van der Waals surface area contributed by atoms with E-state index in [1.807, 2.05) is 0 Å². The lowest BCUT2D eigenvalue weighted by Crippen LogP contribution is -2.28. The van der Waals surface area contributed by atoms with E-state index in [0.29, 0.717) is 11.6 Å². The van der Waals surface area contributed by atoms with Crippen LogP contribution in [-0.2, 0) is 6.54 Å². The Labute approximate surface area is 103 Å². The molecule has 0 spiro atoms. The maximum absolute atomic E-state index is 9.65. The Morgan fingerprint density at radius 1 is 1.38 bits per heavy atom. The second-order valence-corrected chi connectivity index (χ2v) is 5.27. The first-order valence-electron chi connectivity index (χ1n) is 5.63. The minimum atomic E-state index is 0.259. The largest absolute Gasteiger partial charge is 0.508 e. The Morgan fingerprint density at radius 3 is 2.62 bits per heavy atom. The van der Waals surface area contributed by atoms with Crippen LogP contribution >= 0.6 is 11.6 Å². The van der Waals surface area contributed by atoms with Crippen LogP contribution in [0.3, 0.4) is 0 Å². The standard InChI is InChI=1S/C13H20ClNO/c1-4-13(2,3)9-15-8-10-11(14)6-5-7-12(10)16/h5-7,15-16H,4,8-9H2,1-3H3. The summed E-state index contributed by atoms with van der Waals surface area (Å²) in [5.41, 5.74) is 1.05. The molecule has 0 unspecified atom stereocenters. The van der Waals surface area contributed by atoms with Gasteiger partial charge in [0.1, 0.15) is 5.75 Å². The van der Waals surface area contributed by atoms with E-state index >= 15 is 0 Å². The van der Waals surface area contributed by atoms with Crippen LogP contribution in [0.15, 0.2) is 18.2 Å². The highest BCUT2D eigenvalue weighted by Crippen LogP contribution is 2.25. The van der Waals surface area contributed by atoms with E-state index < -0.39 is 0 Å². The van der Waals surface area contributed by atoms with Gasteiger partial charge in [0.05, 0.1) is 0 Å². The van der Waals surface area contributed by atoms with Gasteiger partial charge in [-0.25, -0.2) is 0 Å². The lowest BCUT2D eigenvalue weighted by atomic mass is 9.90. The van der Waals surface area contributed by atoms with Crippen LogP contribution < -0.4 is 5.32 Å². The number of benzene rings is 1. The Kier molecular flexibility index (Phi) is 4.63. The summed E-state index contributed by atoms with van der Waals surface area (Å²) < 4.78 is 0. The molecule has 0 saturated heterocycles. The predicted octanol–water partition coefficient (Wildman–Crippen LogP) is 3.57. The first kappa shape index (κ1) is 13.3. The van der Waals surface area contributed by atoms with Crippen LogP contribution in [0.2, 0.25) is 5.02 Å². The maximum atomic E-state index is 9.65. The quantitative estimate of drug-likeness (QED) is 0.826. The lowest BCUT2D eigenvalue weighted by molar-refractivity contribution is 0.326. The molecule has 16 heavy (non-hydrogen) atoms. The fourth-order valence-electron chi connectivity index (χ4n) is 1.37. The molecule has 1 aromatic carbocycles. The normalized spacial score (nSPS) is 11.8. The number of halogens is 1. The molecule has 0 atom stereocenters. The molecule has 0 amide bonds. The van der Waals surface area contributed by atoms with Gasteiger partial charge in [0, 0.05) is 23.7 Å². The average Bonchev–Trinajstić information content (AvgIpc) is 2.22. The third-order valence-corrected chi connectivity index (χ3v) is 3.31. The number of hydrogen-bond acceptors (Lipinski definition) is 2. The SMILES string of the molecule is CCC(C)(C)CNCc1c(O)cccc1Cl. The van der Waals surface area contributed by atoms with Gasteiger partial charge < -0.3 is 10.4 Å². The molecule has 2 nitrogen and oxygen atoms in total. The molecule has 0 fully saturated rings. The fraction of sp³-hybridized carbons (Fsp3) is 0.538. The van der Waals surface area contributed by atoms with Crippen molar-refractivity contribution in [3.8, 4) is 5.75 Å². The maximum Gasteiger partial charge on any atom is 0.121 e. The summed E-state index contributed by atoms with van der Waals surface area (Å²) in [6.07, 6.45) is 1.12. The zero-order chi connectivity index (χ0) is 12.2. The third kappa shape index (κ3) is 3.69. The molecule has 2 N–H and O–H groups in total. The highest BCUT2D eigenvalue weighted by atomic mass is 35.5. The van der Waals surface area contributed by atoms with Crippen LogP contribution in [-0.4, -0.2) is 11.7 Å². The van der Waals surface area contributed by atoms with Gasteiger partial charge in [0.25, 0.3) is 0 Å². The van der Waals surface area contributed by atoms with Crippen LogP contribution in [0.25, 0.3) is 0 Å². The Balaban J connectivity index is 2.56. The van der Waals surface area contributed by atoms with Crippen molar-refractivity contribution in [2.24, 2.45) is 5.41 Å². The molecule has 0 aromatic heterocycles. The molecule has 0 saturated carbocycles. The summed E-state index contributed by atoms with van der Waals surface area (Å²) in [6, 6.07) is 5.20. The van der Waals surface area contributed by atoms with E-state index in [0.717, 1.165) is 18.5 Å². The number of nitrogens with one attached hydrogen (secondary N) is 1. The number of aromatic hydroxyl groups is 1. The number of hydrogen-bond donors (Lipinski definition) is 2. The highest BCUT2D eigenvalue weighted by Gasteiger charge is 2.14. The van der Waals surface area contributed by atoms with Crippen molar-refractivity contribution in [1.29, 1.82) is 0 Å². The van der Waals surface area contributed by atoms with E-state index in [9.17, 15) is 5.11 Å². The zero-order valence-corrected chi connectivity index (χ0v) is 10.9. The van der Waals surface area contributed by atoms with Crippen LogP contribution in [0.1, 0.15) is 32.8 Å². The molecule has 0 aliphatic carbocycles. The van der Waals surface area contributed by atoms with Crippen molar-refractivity contribution < 1.29 is 5.11 Å². The van der Waals surface area contributed by atoms with E-state index in [-0.39, 0.29) is 11.2 Å². The van der Waals surface area contributed by atoms with Crippen LogP contribution in [0.4, 0.5) is 0 Å². The van der Waals surface area contributed by atoms with Crippen molar-refractivity contribution >= 4 is 11.6 Å². The van der Waals surface area contributed by atoms with E-state index in [1.54, 1.807) is 18.2 Å². The Bertz CT molecular complexity index is 330. The molecule has 0 aliphatic rings. The minimum Gasteiger partial charge on any atom is -0.508 e. The summed E-state index contributed by atoms with van der Waals surface area (Å²) >= 11 is 6.01. The molecule has 1 aromatic rings. The summed E-state index contributed by atoms with van der Waals surface area (Å²) in [5.74, 6) is 0.259. The van der Waals surface area contributed by atoms with Gasteiger partial charge in [-0.1, -0.05) is 38.4 Å². The summed E-state index contributed by atoms with van der Waals surface area (Å²) in [7, 11) is 0. The topological polar surface area (TPSA) is 32.3 Å². The molecule has 3 heteroatoms. The highest BCUT2D eigenvalue weighted by molar-refractivity contribution is 6.31. The second-order valence-electron chi connectivity index (χ2n) is 4.86. The van der Waals surface area contributed by atoms with Gasteiger partial charge in [-0.05, 0) is 24.0 Å². The number of phenolic OH excluding ortho intramolecular Hbond substituents is 1. The van der Waals surface area contributed by atoms with Crippen molar-refractivity contribution in [3.05, 3.63) is 28.8 Å². The number of rotatable bonds is 5. The van der Waals surface area contributed by atoms with Gasteiger partial charge in [0.2, 0.25) is 0 Å². The fourth-order valence-corrected chi connectivity index (χ4v) is 1.61. The molecule has 0 aliphatic heterocycles. The van der Waals surface area contributed by atoms with Crippen molar-refractivity contribution in [3.63, 3.8) is 0 Å². The van der Waals surface area contributed by atoms with Gasteiger partial charge >= 0.3 is 0 Å². The zero-order valence-electron chi connectivity index (χ0n) is 10.2. The van der Waals surface area contributed by atoms with Gasteiger partial charge in [-0.15, -0.1) is 0 Å². The van der Waals surface area contributed by atoms with Crippen molar-refractivity contribution in [2.45, 2.75) is 33.7 Å². The smallest absolute Gasteiger partial charge is 0.121 e. The molecule has 0 heterocycles.